The number of aromatic nitrogens is 3. The van der Waals surface area contributed by atoms with Gasteiger partial charge in [-0.05, 0) is 0 Å². The van der Waals surface area contributed by atoms with E-state index in [1.165, 1.54) is 0 Å². The third kappa shape index (κ3) is 2.89. The zero-order valence-corrected chi connectivity index (χ0v) is 8.33. The zero-order chi connectivity index (χ0) is 9.68. The molecular weight excluding hydrogens is 190 g/mol. The van der Waals surface area contributed by atoms with Crippen molar-refractivity contribution in [2.45, 2.75) is 20.1 Å². The van der Waals surface area contributed by atoms with Crippen molar-refractivity contribution in [3.8, 4) is 0 Å². The Bertz CT molecular complexity index is 287. The molecule has 0 fully saturated rings. The minimum Gasteiger partial charge on any atom is -0.388 e. The Balaban J connectivity index is 2.49. The maximum Gasteiger partial charge on any atom is 0.158 e. The van der Waals surface area contributed by atoms with Crippen molar-refractivity contribution in [2.24, 2.45) is 0 Å². The van der Waals surface area contributed by atoms with Gasteiger partial charge in [0, 0.05) is 28.9 Å². The summed E-state index contributed by atoms with van der Waals surface area (Å²) >= 11 is 0. The van der Waals surface area contributed by atoms with Crippen LogP contribution in [0.4, 0.5) is 0 Å². The van der Waals surface area contributed by atoms with Gasteiger partial charge in [-0.3, -0.25) is 4.21 Å². The normalized spacial score (nSPS) is 13.1. The number of hydrogen-bond donors (Lipinski definition) is 1. The maximum absolute atomic E-state index is 11.1. The summed E-state index contributed by atoms with van der Waals surface area (Å²) in [7, 11) is -0.780. The lowest BCUT2D eigenvalue weighted by Gasteiger charge is -2.02. The summed E-state index contributed by atoms with van der Waals surface area (Å²) < 4.78 is 12.8. The first-order valence-corrected chi connectivity index (χ1v) is 5.59. The Morgan fingerprint density at radius 1 is 1.69 bits per heavy atom. The smallest absolute Gasteiger partial charge is 0.158 e. The molecule has 0 spiro atoms. The predicted octanol–water partition coefficient (Wildman–Crippen LogP) is -0.461. The summed E-state index contributed by atoms with van der Waals surface area (Å²) in [5.74, 6) is 1.77. The molecule has 1 heterocycles. The van der Waals surface area contributed by atoms with Gasteiger partial charge in [0.1, 0.15) is 12.9 Å². The summed E-state index contributed by atoms with van der Waals surface area (Å²) in [6.45, 7) is 2.36. The van der Waals surface area contributed by atoms with Crippen molar-refractivity contribution in [2.75, 3.05) is 11.5 Å². The Kier molecular flexibility index (Phi) is 4.04. The molecule has 1 unspecified atom stereocenters. The Morgan fingerprint density at radius 3 is 3.08 bits per heavy atom. The van der Waals surface area contributed by atoms with Crippen LogP contribution in [0.15, 0.2) is 6.33 Å². The fourth-order valence-electron chi connectivity index (χ4n) is 0.933. The van der Waals surface area contributed by atoms with Gasteiger partial charge in [-0.1, -0.05) is 6.92 Å². The average Bonchev–Trinajstić information content (AvgIpc) is 2.61. The summed E-state index contributed by atoms with van der Waals surface area (Å²) in [4.78, 5) is 0. The molecule has 13 heavy (non-hydrogen) atoms. The van der Waals surface area contributed by atoms with E-state index in [2.05, 4.69) is 10.2 Å². The molecule has 0 aliphatic carbocycles. The second kappa shape index (κ2) is 5.08. The van der Waals surface area contributed by atoms with E-state index in [-0.39, 0.29) is 6.61 Å². The van der Waals surface area contributed by atoms with Gasteiger partial charge in [0.2, 0.25) is 0 Å². The molecule has 0 saturated carbocycles. The third-order valence-electron chi connectivity index (χ3n) is 1.72. The summed E-state index contributed by atoms with van der Waals surface area (Å²) in [6, 6.07) is 0. The van der Waals surface area contributed by atoms with Crippen LogP contribution in [0.3, 0.4) is 0 Å². The summed E-state index contributed by atoms with van der Waals surface area (Å²) in [5, 5.41) is 16.2. The Labute approximate surface area is 79.3 Å². The highest BCUT2D eigenvalue weighted by atomic mass is 32.2. The van der Waals surface area contributed by atoms with Gasteiger partial charge in [0.05, 0.1) is 0 Å². The van der Waals surface area contributed by atoms with Gasteiger partial charge in [-0.2, -0.15) is 0 Å². The molecule has 1 aromatic heterocycles. The monoisotopic (exact) mass is 203 g/mol. The molecule has 0 aliphatic heterocycles. The first-order valence-electron chi connectivity index (χ1n) is 4.10. The number of rotatable bonds is 5. The molecule has 0 amide bonds. The van der Waals surface area contributed by atoms with E-state index in [0.717, 1.165) is 0 Å². The molecule has 1 rings (SSSR count). The lowest BCUT2D eigenvalue weighted by molar-refractivity contribution is 0.265. The first kappa shape index (κ1) is 10.3. The van der Waals surface area contributed by atoms with Gasteiger partial charge in [0.15, 0.2) is 5.82 Å². The number of nitrogens with zero attached hydrogens (tertiary/aromatic N) is 3. The lowest BCUT2D eigenvalue weighted by atomic mass is 10.6. The maximum atomic E-state index is 11.1. The number of aliphatic hydroxyl groups excluding tert-OH is 1. The molecule has 74 valence electrons. The summed E-state index contributed by atoms with van der Waals surface area (Å²) in [5.41, 5.74) is 0. The molecule has 0 aromatic carbocycles. The molecule has 1 aromatic rings. The van der Waals surface area contributed by atoms with E-state index in [0.29, 0.717) is 23.9 Å². The molecule has 0 saturated heterocycles. The number of aliphatic hydroxyl groups is 1. The number of hydrogen-bond acceptors (Lipinski definition) is 4. The van der Waals surface area contributed by atoms with E-state index in [1.807, 2.05) is 6.92 Å². The van der Waals surface area contributed by atoms with E-state index >= 15 is 0 Å². The molecule has 0 bridgehead atoms. The van der Waals surface area contributed by atoms with Crippen molar-refractivity contribution in [1.29, 1.82) is 0 Å². The molecule has 0 radical (unpaired) electrons. The van der Waals surface area contributed by atoms with Gasteiger partial charge in [-0.15, -0.1) is 10.2 Å². The molecule has 1 atom stereocenters. The summed E-state index contributed by atoms with van der Waals surface area (Å²) in [6.07, 6.45) is 1.54. The van der Waals surface area contributed by atoms with Crippen molar-refractivity contribution in [3.05, 3.63) is 12.2 Å². The van der Waals surface area contributed by atoms with Crippen LogP contribution in [-0.4, -0.2) is 35.6 Å². The molecular formula is C7H13N3O2S. The van der Waals surface area contributed by atoms with Crippen LogP contribution in [0, 0.1) is 0 Å². The van der Waals surface area contributed by atoms with Crippen molar-refractivity contribution in [1.82, 2.24) is 14.8 Å². The highest BCUT2D eigenvalue weighted by molar-refractivity contribution is 7.84. The van der Waals surface area contributed by atoms with Crippen LogP contribution < -0.4 is 0 Å². The van der Waals surface area contributed by atoms with E-state index in [1.54, 1.807) is 10.9 Å². The first-order chi connectivity index (χ1) is 6.27. The Hall–Kier alpha value is -0.750. The minimum atomic E-state index is -0.780. The van der Waals surface area contributed by atoms with Crippen LogP contribution in [0.25, 0.3) is 0 Å². The van der Waals surface area contributed by atoms with Gasteiger partial charge in [-0.25, -0.2) is 0 Å². The van der Waals surface area contributed by atoms with Crippen LogP contribution in [0.5, 0.6) is 0 Å². The van der Waals surface area contributed by atoms with Crippen LogP contribution >= 0.6 is 0 Å². The third-order valence-corrected chi connectivity index (χ3v) is 3.00. The van der Waals surface area contributed by atoms with Gasteiger partial charge >= 0.3 is 0 Å². The van der Waals surface area contributed by atoms with E-state index in [9.17, 15) is 4.21 Å². The predicted molar refractivity (Wildman–Crippen MR) is 49.5 cm³/mol. The standard InChI is InChI=1S/C7H13N3O2S/c1-2-13(12)4-3-10-6-8-9-7(10)5-11/h6,11H,2-5H2,1H3. The average molecular weight is 203 g/mol. The minimum absolute atomic E-state index is 0.126. The van der Waals surface area contributed by atoms with Crippen molar-refractivity contribution < 1.29 is 9.32 Å². The topological polar surface area (TPSA) is 68.0 Å². The fraction of sp³-hybridized carbons (Fsp3) is 0.714. The zero-order valence-electron chi connectivity index (χ0n) is 7.51. The number of aryl methyl sites for hydroxylation is 1. The van der Waals surface area contributed by atoms with Crippen molar-refractivity contribution >= 4 is 10.8 Å². The van der Waals surface area contributed by atoms with Crippen LogP contribution in [0.2, 0.25) is 0 Å². The van der Waals surface area contributed by atoms with E-state index < -0.39 is 10.8 Å². The van der Waals surface area contributed by atoms with Gasteiger partial charge in [0.25, 0.3) is 0 Å². The second-order valence-corrected chi connectivity index (χ2v) is 4.40. The van der Waals surface area contributed by atoms with Crippen LogP contribution in [0.1, 0.15) is 12.7 Å². The largest absolute Gasteiger partial charge is 0.388 e. The second-order valence-electron chi connectivity index (χ2n) is 2.53. The Morgan fingerprint density at radius 2 is 2.46 bits per heavy atom. The fourth-order valence-corrected chi connectivity index (χ4v) is 1.62. The van der Waals surface area contributed by atoms with Crippen LogP contribution in [-0.2, 0) is 24.0 Å². The molecule has 5 nitrogen and oxygen atoms in total. The quantitative estimate of drug-likeness (QED) is 0.703. The van der Waals surface area contributed by atoms with E-state index in [4.69, 9.17) is 5.11 Å². The van der Waals surface area contributed by atoms with Crippen molar-refractivity contribution in [3.63, 3.8) is 0 Å². The highest BCUT2D eigenvalue weighted by Gasteiger charge is 2.03. The lowest BCUT2D eigenvalue weighted by Crippen LogP contribution is -2.10. The SMILES string of the molecule is CCS(=O)CCn1cnnc1CO. The molecule has 0 aliphatic rings. The molecule has 6 heteroatoms. The van der Waals surface area contributed by atoms with Gasteiger partial charge < -0.3 is 9.67 Å². The molecule has 1 N–H and O–H groups in total. The highest BCUT2D eigenvalue weighted by Crippen LogP contribution is 1.95.